The lowest BCUT2D eigenvalue weighted by molar-refractivity contribution is 0.475. The van der Waals surface area contributed by atoms with Gasteiger partial charge in [0.2, 0.25) is 0 Å². The number of aromatic hydroxyl groups is 1. The molecule has 1 aromatic rings. The fourth-order valence-electron chi connectivity index (χ4n) is 0.958. The topological polar surface area (TPSA) is 32.6 Å². The largest absolute Gasteiger partial charge is 0.508 e. The lowest BCUT2D eigenvalue weighted by Gasteiger charge is -1.94. The minimum absolute atomic E-state index is 0.282. The van der Waals surface area contributed by atoms with Crippen LogP contribution in [0.2, 0.25) is 0 Å². The third-order valence-corrected chi connectivity index (χ3v) is 3.60. The van der Waals surface area contributed by atoms with Crippen molar-refractivity contribution >= 4 is 34.0 Å². The van der Waals surface area contributed by atoms with E-state index in [9.17, 15) is 0 Å². The fourth-order valence-corrected chi connectivity index (χ4v) is 1.96. The molecule has 0 radical (unpaired) electrons. The van der Waals surface area contributed by atoms with Crippen molar-refractivity contribution in [1.82, 2.24) is 0 Å². The SMILES string of the molecule is CSC(=NC=Cc1ccc(O)cc1)SC. The normalized spacial score (nSPS) is 10.5. The van der Waals surface area contributed by atoms with Crippen LogP contribution in [-0.4, -0.2) is 22.0 Å². The monoisotopic (exact) mass is 239 g/mol. The van der Waals surface area contributed by atoms with E-state index in [1.807, 2.05) is 30.7 Å². The number of hydrogen-bond acceptors (Lipinski definition) is 4. The molecular weight excluding hydrogens is 226 g/mol. The highest BCUT2D eigenvalue weighted by atomic mass is 32.2. The van der Waals surface area contributed by atoms with E-state index < -0.39 is 0 Å². The van der Waals surface area contributed by atoms with Crippen LogP contribution in [0.4, 0.5) is 0 Å². The van der Waals surface area contributed by atoms with Crippen molar-refractivity contribution in [3.63, 3.8) is 0 Å². The minimum Gasteiger partial charge on any atom is -0.508 e. The Hall–Kier alpha value is -0.870. The molecule has 15 heavy (non-hydrogen) atoms. The van der Waals surface area contributed by atoms with Crippen LogP contribution in [0.3, 0.4) is 0 Å². The van der Waals surface area contributed by atoms with Crippen LogP contribution in [-0.2, 0) is 0 Å². The van der Waals surface area contributed by atoms with Gasteiger partial charge in [-0.05, 0) is 36.3 Å². The van der Waals surface area contributed by atoms with Gasteiger partial charge in [0.05, 0.1) is 0 Å². The summed E-state index contributed by atoms with van der Waals surface area (Å²) in [6.45, 7) is 0. The van der Waals surface area contributed by atoms with Crippen molar-refractivity contribution in [3.05, 3.63) is 36.0 Å². The maximum absolute atomic E-state index is 9.09. The summed E-state index contributed by atoms with van der Waals surface area (Å²) in [4.78, 5) is 4.28. The van der Waals surface area contributed by atoms with Crippen LogP contribution >= 0.6 is 23.5 Å². The number of benzene rings is 1. The minimum atomic E-state index is 0.282. The van der Waals surface area contributed by atoms with E-state index in [0.29, 0.717) is 0 Å². The first-order chi connectivity index (χ1) is 7.26. The van der Waals surface area contributed by atoms with Crippen LogP contribution in [0.5, 0.6) is 5.75 Å². The molecule has 0 aliphatic rings. The number of aliphatic imine (C=N–C) groups is 1. The van der Waals surface area contributed by atoms with Gasteiger partial charge in [-0.2, -0.15) is 0 Å². The maximum Gasteiger partial charge on any atom is 0.129 e. The number of phenolic OH excluding ortho intramolecular Hbond substituents is 1. The predicted octanol–water partition coefficient (Wildman–Crippen LogP) is 3.44. The van der Waals surface area contributed by atoms with Gasteiger partial charge in [-0.1, -0.05) is 12.1 Å². The molecule has 0 spiro atoms. The number of thioether (sulfide) groups is 2. The van der Waals surface area contributed by atoms with Gasteiger partial charge in [-0.3, -0.25) is 0 Å². The first kappa shape index (κ1) is 12.2. The van der Waals surface area contributed by atoms with Gasteiger partial charge < -0.3 is 5.11 Å². The average Bonchev–Trinajstić information content (AvgIpc) is 2.27. The van der Waals surface area contributed by atoms with Crippen molar-refractivity contribution in [3.8, 4) is 5.75 Å². The summed E-state index contributed by atoms with van der Waals surface area (Å²) in [5.41, 5.74) is 1.03. The molecule has 1 N–H and O–H groups in total. The van der Waals surface area contributed by atoms with Gasteiger partial charge in [0.15, 0.2) is 0 Å². The second-order valence-corrected chi connectivity index (χ2v) is 4.56. The molecule has 1 rings (SSSR count). The highest BCUT2D eigenvalue weighted by Crippen LogP contribution is 2.13. The zero-order chi connectivity index (χ0) is 11.1. The molecule has 2 nitrogen and oxygen atoms in total. The second-order valence-electron chi connectivity index (χ2n) is 2.71. The first-order valence-electron chi connectivity index (χ1n) is 4.37. The Morgan fingerprint density at radius 2 is 1.80 bits per heavy atom. The standard InChI is InChI=1S/C11H13NOS2/c1-14-11(15-2)12-8-7-9-3-5-10(13)6-4-9/h3-8,13H,1-2H3. The van der Waals surface area contributed by atoms with Crippen molar-refractivity contribution in [2.45, 2.75) is 0 Å². The Bertz CT molecular complexity index is 351. The second kappa shape index (κ2) is 6.58. The molecule has 0 saturated carbocycles. The van der Waals surface area contributed by atoms with Crippen LogP contribution < -0.4 is 0 Å². The molecule has 0 saturated heterocycles. The quantitative estimate of drug-likeness (QED) is 0.634. The number of phenols is 1. The molecule has 0 aromatic heterocycles. The Morgan fingerprint density at radius 3 is 2.33 bits per heavy atom. The molecule has 0 aliphatic carbocycles. The third kappa shape index (κ3) is 4.44. The van der Waals surface area contributed by atoms with E-state index in [4.69, 9.17) is 5.11 Å². The number of nitrogens with zero attached hydrogens (tertiary/aromatic N) is 1. The zero-order valence-corrected chi connectivity index (χ0v) is 10.3. The summed E-state index contributed by atoms with van der Waals surface area (Å²) in [5, 5.41) is 9.09. The van der Waals surface area contributed by atoms with Gasteiger partial charge in [0.25, 0.3) is 0 Å². The Morgan fingerprint density at radius 1 is 1.20 bits per heavy atom. The summed E-state index contributed by atoms with van der Waals surface area (Å²) in [6, 6.07) is 7.01. The van der Waals surface area contributed by atoms with E-state index in [-0.39, 0.29) is 5.75 Å². The van der Waals surface area contributed by atoms with Crippen LogP contribution in [0.15, 0.2) is 35.5 Å². The third-order valence-electron chi connectivity index (χ3n) is 1.69. The Labute approximate surface area is 98.5 Å². The fraction of sp³-hybridized carbons (Fsp3) is 0.182. The molecule has 4 heteroatoms. The molecular formula is C11H13NOS2. The van der Waals surface area contributed by atoms with E-state index in [1.165, 1.54) is 0 Å². The molecule has 0 amide bonds. The lowest BCUT2D eigenvalue weighted by atomic mass is 10.2. The molecule has 0 aliphatic heterocycles. The molecule has 0 atom stereocenters. The van der Waals surface area contributed by atoms with Gasteiger partial charge in [-0.15, -0.1) is 23.5 Å². The summed E-state index contributed by atoms with van der Waals surface area (Å²) >= 11 is 3.26. The average molecular weight is 239 g/mol. The number of rotatable bonds is 2. The summed E-state index contributed by atoms with van der Waals surface area (Å²) < 4.78 is 1.03. The van der Waals surface area contributed by atoms with Gasteiger partial charge >= 0.3 is 0 Å². The van der Waals surface area contributed by atoms with Gasteiger partial charge in [0.1, 0.15) is 10.1 Å². The van der Waals surface area contributed by atoms with Gasteiger partial charge in [-0.25, -0.2) is 4.99 Å². The van der Waals surface area contributed by atoms with E-state index in [2.05, 4.69) is 4.99 Å². The number of hydrogen-bond donors (Lipinski definition) is 1. The molecule has 1 aromatic carbocycles. The van der Waals surface area contributed by atoms with Crippen LogP contribution in [0.1, 0.15) is 5.56 Å². The van der Waals surface area contributed by atoms with Crippen molar-refractivity contribution in [2.24, 2.45) is 4.99 Å². The smallest absolute Gasteiger partial charge is 0.129 e. The molecule has 0 unspecified atom stereocenters. The van der Waals surface area contributed by atoms with Crippen molar-refractivity contribution < 1.29 is 5.11 Å². The van der Waals surface area contributed by atoms with Crippen LogP contribution in [0, 0.1) is 0 Å². The van der Waals surface area contributed by atoms with E-state index in [1.54, 1.807) is 41.9 Å². The van der Waals surface area contributed by atoms with E-state index >= 15 is 0 Å². The molecule has 80 valence electrons. The maximum atomic E-state index is 9.09. The highest BCUT2D eigenvalue weighted by molar-refractivity contribution is 8.38. The first-order valence-corrected chi connectivity index (χ1v) is 6.82. The van der Waals surface area contributed by atoms with Crippen molar-refractivity contribution in [1.29, 1.82) is 0 Å². The lowest BCUT2D eigenvalue weighted by Crippen LogP contribution is -1.78. The molecule has 0 bridgehead atoms. The zero-order valence-electron chi connectivity index (χ0n) is 8.68. The summed E-state index contributed by atoms with van der Waals surface area (Å²) in [7, 11) is 0. The summed E-state index contributed by atoms with van der Waals surface area (Å²) in [6.07, 6.45) is 7.69. The summed E-state index contributed by atoms with van der Waals surface area (Å²) in [5.74, 6) is 0.282. The molecule has 0 fully saturated rings. The van der Waals surface area contributed by atoms with E-state index in [0.717, 1.165) is 9.94 Å². The predicted molar refractivity (Wildman–Crippen MR) is 71.6 cm³/mol. The van der Waals surface area contributed by atoms with Crippen molar-refractivity contribution in [2.75, 3.05) is 12.5 Å². The van der Waals surface area contributed by atoms with Gasteiger partial charge in [0, 0.05) is 6.20 Å². The van der Waals surface area contributed by atoms with Crippen LogP contribution in [0.25, 0.3) is 6.08 Å². The Balaban J connectivity index is 2.65. The highest BCUT2D eigenvalue weighted by Gasteiger charge is 1.90. The molecule has 0 heterocycles. The Kier molecular flexibility index (Phi) is 5.36.